The van der Waals surface area contributed by atoms with Gasteiger partial charge in [0, 0.05) is 6.42 Å². The van der Waals surface area contributed by atoms with Gasteiger partial charge in [0.05, 0.1) is 60.0 Å². The van der Waals surface area contributed by atoms with Crippen LogP contribution in [0.25, 0.3) is 0 Å². The van der Waals surface area contributed by atoms with Crippen LogP contribution in [0.5, 0.6) is 11.5 Å². The molecule has 0 bridgehead atoms. The number of rotatable bonds is 51. The Labute approximate surface area is 612 Å². The molecule has 13 N–H and O–H groups in total. The first-order valence-corrected chi connectivity index (χ1v) is 36.6. The molecule has 2 unspecified atom stereocenters. The van der Waals surface area contributed by atoms with Crippen molar-refractivity contribution in [3.63, 3.8) is 0 Å². The number of carboxylic acids is 1. The van der Waals surface area contributed by atoms with Gasteiger partial charge in [0.25, 0.3) is 0 Å². The zero-order valence-corrected chi connectivity index (χ0v) is 62.1. The van der Waals surface area contributed by atoms with Gasteiger partial charge in [-0.2, -0.15) is 0 Å². The second-order valence-electron chi connectivity index (χ2n) is 25.1. The van der Waals surface area contributed by atoms with E-state index in [2.05, 4.69) is 20.8 Å². The SMILES string of the molecule is CCCCCC(C)(O)/C=C/C=C\C=C\C=C\[C@@H](O)[C@@H](O)CCCC.CCCCCC(C)(O)/C=C/C=C\C=C\C=C\[C@@H](O)[C@@H](O)CCCC(=O)O.CCCC[C@H](O)[C@H](O)/C=C/C=C/C=C\C=C\[C@@H](O)COc1ccccc1.CCCC[C@H](O)[C@H](O)/C=C/C=C/C=C\C=C\[C@H](O)COc1ccccc1. The number of para-hydroxylation sites is 2. The van der Waals surface area contributed by atoms with Crippen molar-refractivity contribution in [1.82, 2.24) is 0 Å². The van der Waals surface area contributed by atoms with Crippen LogP contribution < -0.4 is 9.47 Å². The first-order valence-electron chi connectivity index (χ1n) is 36.6. The van der Waals surface area contributed by atoms with E-state index in [0.717, 1.165) is 101 Å². The van der Waals surface area contributed by atoms with Gasteiger partial charge < -0.3 is 75.9 Å². The van der Waals surface area contributed by atoms with Crippen LogP contribution >= 0.6 is 0 Å². The molecule has 0 radical (unpaired) electrons. The third kappa shape index (κ3) is 63.8. The van der Waals surface area contributed by atoms with E-state index in [9.17, 15) is 66.1 Å². The number of ether oxygens (including phenoxy) is 2. The maximum Gasteiger partial charge on any atom is 0.303 e. The lowest BCUT2D eigenvalue weighted by atomic mass is 9.98. The van der Waals surface area contributed by atoms with Crippen LogP contribution in [0.2, 0.25) is 0 Å². The summed E-state index contributed by atoms with van der Waals surface area (Å²) >= 11 is 0. The summed E-state index contributed by atoms with van der Waals surface area (Å²) in [6.45, 7) is 14.5. The molecule has 102 heavy (non-hydrogen) atoms. The van der Waals surface area contributed by atoms with Gasteiger partial charge in [-0.15, -0.1) is 0 Å². The molecule has 16 nitrogen and oxygen atoms in total. The van der Waals surface area contributed by atoms with Gasteiger partial charge in [0.15, 0.2) is 0 Å². The number of unbranched alkanes of at least 4 members (excludes halogenated alkanes) is 7. The predicted octanol–water partition coefficient (Wildman–Crippen LogP) is 15.1. The van der Waals surface area contributed by atoms with Gasteiger partial charge in [0.2, 0.25) is 0 Å². The molecular weight excluding hydrogens is 1290 g/mol. The molecule has 16 heteroatoms. The average molecular weight is 1420 g/mol. The molecule has 2 aromatic carbocycles. The Morgan fingerprint density at radius 1 is 0.343 bits per heavy atom. The standard InChI is InChI=1S/2C22H30O4.C21H34O5.C21H36O3/c2*1-2-3-16-21(24)22(25)17-12-7-5-4-6-9-13-19(23)18-26-20-14-10-8-11-15-20;1-3-4-10-16-21(2,26)17-11-8-6-5-7-9-13-18(22)19(23)14-12-15-20(24)25;1-4-6-13-17-21(3,24)18-14-11-9-8-10-12-16-20(23)19(22)15-7-5-2/h2*4-15,17,19,21-25H,2-3,16,18H2,1H3;5-9,11,13,17-19,22-23,26H,3-4,10,12,14-16H2,1-2H3,(H,24,25);8-12,14,16,18-20,22-24H,4-7,13,15,17H2,1-3H3/b2*6-4-,7-5+,13-9+,17-12+;7-5+,8-6-,13-9+,17-11+;10-8+,11-9-,16-12+,18-14+/t19-,21+,22-;19-,21-,22+;18-,19+,21?;19-,20+,21?/m1010/s1. The lowest BCUT2D eigenvalue weighted by Gasteiger charge is -2.18. The number of aliphatic hydroxyl groups excluding tert-OH is 10. The Morgan fingerprint density at radius 3 is 0.853 bits per heavy atom. The number of hydrogen-bond donors (Lipinski definition) is 13. The van der Waals surface area contributed by atoms with Crippen molar-refractivity contribution in [3.8, 4) is 11.5 Å². The highest BCUT2D eigenvalue weighted by Gasteiger charge is 2.17. The quantitative estimate of drug-likeness (QED) is 0.0216. The molecule has 2 rings (SSSR count). The molecule has 0 aliphatic heterocycles. The maximum absolute atomic E-state index is 10.4. The van der Waals surface area contributed by atoms with Crippen molar-refractivity contribution in [2.45, 2.75) is 249 Å². The van der Waals surface area contributed by atoms with Crippen LogP contribution in [0.3, 0.4) is 0 Å². The van der Waals surface area contributed by atoms with Crippen molar-refractivity contribution < 1.29 is 80.7 Å². The minimum atomic E-state index is -1.02. The molecule has 0 saturated carbocycles. The highest BCUT2D eigenvalue weighted by molar-refractivity contribution is 5.66. The van der Waals surface area contributed by atoms with Gasteiger partial charge in [-0.3, -0.25) is 4.79 Å². The van der Waals surface area contributed by atoms with Gasteiger partial charge in [-0.05, 0) is 83.1 Å². The van der Waals surface area contributed by atoms with Crippen LogP contribution in [0.15, 0.2) is 255 Å². The van der Waals surface area contributed by atoms with E-state index in [-0.39, 0.29) is 26.1 Å². The summed E-state index contributed by atoms with van der Waals surface area (Å²) in [5.74, 6) is 0.549. The molecule has 0 heterocycles. The lowest BCUT2D eigenvalue weighted by Crippen LogP contribution is -2.23. The minimum Gasteiger partial charge on any atom is -0.491 e. The number of carbonyl (C=O) groups is 1. The number of aliphatic carboxylic acids is 1. The molecule has 0 aliphatic carbocycles. The Bertz CT molecular complexity index is 2690. The minimum absolute atomic E-state index is 0.0167. The van der Waals surface area contributed by atoms with Crippen LogP contribution in [0.1, 0.15) is 177 Å². The molecule has 0 amide bonds. The second-order valence-corrected chi connectivity index (χ2v) is 25.1. The Hall–Kier alpha value is -7.13. The maximum atomic E-state index is 10.4. The van der Waals surface area contributed by atoms with E-state index in [1.165, 1.54) is 6.08 Å². The summed E-state index contributed by atoms with van der Waals surface area (Å²) in [6.07, 6.45) is 64.2. The first-order chi connectivity index (χ1) is 49.0. The van der Waals surface area contributed by atoms with E-state index >= 15 is 0 Å². The van der Waals surface area contributed by atoms with Crippen LogP contribution in [0.4, 0.5) is 0 Å². The third-order valence-corrected chi connectivity index (χ3v) is 15.0. The highest BCUT2D eigenvalue weighted by Crippen LogP contribution is 2.18. The second kappa shape index (κ2) is 67.1. The fourth-order valence-corrected chi connectivity index (χ4v) is 8.69. The molecule has 0 spiro atoms. The average Bonchev–Trinajstić information content (AvgIpc) is 1.07. The Kier molecular flexibility index (Phi) is 63.7. The molecule has 2 aromatic rings. The number of hydrogen-bond acceptors (Lipinski definition) is 15. The van der Waals surface area contributed by atoms with Crippen molar-refractivity contribution in [2.24, 2.45) is 0 Å². The van der Waals surface area contributed by atoms with Gasteiger partial charge in [-0.1, -0.05) is 342 Å². The fraction of sp³-hybridized carbons (Fsp3) is 0.477. The number of benzene rings is 2. The van der Waals surface area contributed by atoms with E-state index in [1.807, 2.05) is 130 Å². The summed E-state index contributed by atoms with van der Waals surface area (Å²) in [7, 11) is 0. The van der Waals surface area contributed by atoms with E-state index in [4.69, 9.17) is 14.6 Å². The highest BCUT2D eigenvalue weighted by atomic mass is 16.5. The van der Waals surface area contributed by atoms with Gasteiger partial charge in [0.1, 0.15) is 36.9 Å². The Balaban J connectivity index is 0. The zero-order valence-electron chi connectivity index (χ0n) is 62.1. The fourth-order valence-electron chi connectivity index (χ4n) is 8.69. The predicted molar refractivity (Wildman–Crippen MR) is 420 cm³/mol. The number of carboxylic acid groups (broad SMARTS) is 1. The molecule has 0 saturated heterocycles. The number of allylic oxidation sites excluding steroid dienone is 24. The molecule has 12 atom stereocenters. The van der Waals surface area contributed by atoms with Crippen molar-refractivity contribution in [1.29, 1.82) is 0 Å². The summed E-state index contributed by atoms with van der Waals surface area (Å²) in [5.41, 5.74) is -1.54. The molecule has 570 valence electrons. The normalized spacial score (nSPS) is 16.9. The van der Waals surface area contributed by atoms with Crippen LogP contribution in [0, 0.1) is 0 Å². The van der Waals surface area contributed by atoms with Crippen LogP contribution in [-0.4, -0.2) is 158 Å². The molecular formula is C86H130O16. The van der Waals surface area contributed by atoms with E-state index in [0.29, 0.717) is 25.7 Å². The third-order valence-electron chi connectivity index (χ3n) is 15.0. The van der Waals surface area contributed by atoms with Crippen molar-refractivity contribution in [2.75, 3.05) is 13.2 Å². The van der Waals surface area contributed by atoms with Gasteiger partial charge >= 0.3 is 5.97 Å². The van der Waals surface area contributed by atoms with Crippen molar-refractivity contribution >= 4 is 5.97 Å². The zero-order chi connectivity index (χ0) is 76.2. The van der Waals surface area contributed by atoms with E-state index in [1.54, 1.807) is 147 Å². The van der Waals surface area contributed by atoms with Gasteiger partial charge in [-0.25, -0.2) is 0 Å². The molecule has 0 aliphatic rings. The largest absolute Gasteiger partial charge is 0.491 e. The number of aliphatic hydroxyl groups is 12. The molecule has 0 aromatic heterocycles. The topological polar surface area (TPSA) is 299 Å². The first kappa shape index (κ1) is 96.9. The smallest absolute Gasteiger partial charge is 0.303 e. The van der Waals surface area contributed by atoms with Crippen molar-refractivity contribution in [3.05, 3.63) is 255 Å². The summed E-state index contributed by atoms with van der Waals surface area (Å²) in [5, 5.41) is 126. The monoisotopic (exact) mass is 1420 g/mol. The summed E-state index contributed by atoms with van der Waals surface area (Å²) in [4.78, 5) is 10.4. The lowest BCUT2D eigenvalue weighted by molar-refractivity contribution is -0.137. The van der Waals surface area contributed by atoms with Crippen LogP contribution in [-0.2, 0) is 4.79 Å². The Morgan fingerprint density at radius 2 is 0.588 bits per heavy atom. The molecule has 0 fully saturated rings. The van der Waals surface area contributed by atoms with E-state index < -0.39 is 78.2 Å². The summed E-state index contributed by atoms with van der Waals surface area (Å²) in [6, 6.07) is 18.7. The summed E-state index contributed by atoms with van der Waals surface area (Å²) < 4.78 is 10.9.